The van der Waals surface area contributed by atoms with Crippen LogP contribution in [0.15, 0.2) is 30.0 Å². The molecule has 1 aromatic heterocycles. The van der Waals surface area contributed by atoms with Gasteiger partial charge in [-0.05, 0) is 31.9 Å². The van der Waals surface area contributed by atoms with Crippen molar-refractivity contribution in [1.82, 2.24) is 14.5 Å². The van der Waals surface area contributed by atoms with Crippen LogP contribution >= 0.6 is 0 Å². The minimum atomic E-state index is 0.284. The predicted molar refractivity (Wildman–Crippen MR) is 91.6 cm³/mol. The van der Waals surface area contributed by atoms with Gasteiger partial charge in [-0.3, -0.25) is 5.41 Å². The van der Waals surface area contributed by atoms with Crippen LogP contribution in [0.3, 0.4) is 0 Å². The summed E-state index contributed by atoms with van der Waals surface area (Å²) in [6.07, 6.45) is 4.68. The van der Waals surface area contributed by atoms with Gasteiger partial charge in [-0.1, -0.05) is 25.0 Å². The molecular weight excluding hydrogens is 288 g/mol. The molecular formula is C18H22N4O. The average molecular weight is 310 g/mol. The van der Waals surface area contributed by atoms with E-state index in [0.29, 0.717) is 24.0 Å². The summed E-state index contributed by atoms with van der Waals surface area (Å²) in [4.78, 5) is 6.76. The third kappa shape index (κ3) is 2.14. The molecule has 2 heterocycles. The number of aliphatic hydroxyl groups is 1. The third-order valence-corrected chi connectivity index (χ3v) is 5.09. The van der Waals surface area contributed by atoms with E-state index >= 15 is 0 Å². The fourth-order valence-electron chi connectivity index (χ4n) is 3.95. The Hall–Kier alpha value is -2.30. The maximum Gasteiger partial charge on any atom is 0.148 e. The summed E-state index contributed by atoms with van der Waals surface area (Å²) in [5.74, 6) is 1.43. The van der Waals surface area contributed by atoms with Gasteiger partial charge >= 0.3 is 0 Å². The Morgan fingerprint density at radius 3 is 2.74 bits per heavy atom. The van der Waals surface area contributed by atoms with Gasteiger partial charge in [0.1, 0.15) is 17.4 Å². The lowest BCUT2D eigenvalue weighted by atomic mass is 10.2. The Morgan fingerprint density at radius 1 is 1.26 bits per heavy atom. The first-order valence-corrected chi connectivity index (χ1v) is 8.44. The van der Waals surface area contributed by atoms with Crippen LogP contribution in [-0.2, 0) is 6.54 Å². The van der Waals surface area contributed by atoms with E-state index in [1.807, 2.05) is 24.3 Å². The number of para-hydroxylation sites is 2. The number of hydrogen-bond donors (Lipinski definition) is 2. The molecule has 5 nitrogen and oxygen atoms in total. The van der Waals surface area contributed by atoms with Gasteiger partial charge in [-0.2, -0.15) is 0 Å². The topological polar surface area (TPSA) is 65.1 Å². The molecule has 120 valence electrons. The normalized spacial score (nSPS) is 19.5. The highest BCUT2D eigenvalue weighted by molar-refractivity contribution is 6.23. The quantitative estimate of drug-likeness (QED) is 0.911. The molecule has 1 aromatic carbocycles. The zero-order valence-electron chi connectivity index (χ0n) is 13.4. The number of nitrogens with one attached hydrogen (secondary N) is 1. The van der Waals surface area contributed by atoms with Gasteiger partial charge in [0.15, 0.2) is 0 Å². The summed E-state index contributed by atoms with van der Waals surface area (Å²) < 4.78 is 2.09. The minimum Gasteiger partial charge on any atom is -0.510 e. The first kappa shape index (κ1) is 14.3. The highest BCUT2D eigenvalue weighted by atomic mass is 16.3. The number of aliphatic hydroxyl groups excluding tert-OH is 1. The van der Waals surface area contributed by atoms with Gasteiger partial charge in [0.05, 0.1) is 23.2 Å². The van der Waals surface area contributed by atoms with Crippen LogP contribution in [0.2, 0.25) is 0 Å². The molecule has 4 rings (SSSR count). The zero-order valence-corrected chi connectivity index (χ0v) is 13.4. The summed E-state index contributed by atoms with van der Waals surface area (Å²) >= 11 is 0. The van der Waals surface area contributed by atoms with Gasteiger partial charge in [0.25, 0.3) is 0 Å². The van der Waals surface area contributed by atoms with Crippen molar-refractivity contribution in [3.05, 3.63) is 35.8 Å². The van der Waals surface area contributed by atoms with Crippen LogP contribution in [0.1, 0.15) is 38.4 Å². The standard InChI is InChI=1S/C18H22N4O/c1-2-21-14-10-6-5-9-13(14)20-18(21)16-15(23)11-22(17(16)19)12-7-3-4-8-12/h5-6,9-10,12,19,23H,2-4,7-8,11H2,1H3. The molecule has 0 saturated heterocycles. The van der Waals surface area contributed by atoms with Gasteiger partial charge in [-0.25, -0.2) is 4.98 Å². The van der Waals surface area contributed by atoms with Gasteiger partial charge in [-0.15, -0.1) is 0 Å². The second-order valence-electron chi connectivity index (χ2n) is 6.40. The number of fused-ring (bicyclic) bond motifs is 1. The molecule has 0 atom stereocenters. The van der Waals surface area contributed by atoms with Gasteiger partial charge in [0, 0.05) is 12.6 Å². The van der Waals surface area contributed by atoms with Crippen LogP contribution in [0.5, 0.6) is 0 Å². The first-order chi connectivity index (χ1) is 11.2. The van der Waals surface area contributed by atoms with E-state index in [2.05, 4.69) is 16.4 Å². The number of aromatic nitrogens is 2. The van der Waals surface area contributed by atoms with E-state index < -0.39 is 0 Å². The maximum absolute atomic E-state index is 10.5. The van der Waals surface area contributed by atoms with Crippen LogP contribution < -0.4 is 0 Å². The number of nitrogens with zero attached hydrogens (tertiary/aromatic N) is 3. The molecule has 5 heteroatoms. The SMILES string of the molecule is CCn1c(C2=C(O)CN(C3CCCC3)C2=N)nc2ccccc21. The summed E-state index contributed by atoms with van der Waals surface area (Å²) in [6.45, 7) is 3.29. The molecule has 0 amide bonds. The predicted octanol–water partition coefficient (Wildman–Crippen LogP) is 3.56. The molecule has 1 aliphatic heterocycles. The lowest BCUT2D eigenvalue weighted by molar-refractivity contribution is 0.296. The highest BCUT2D eigenvalue weighted by Gasteiger charge is 2.36. The zero-order chi connectivity index (χ0) is 16.0. The molecule has 1 fully saturated rings. The summed E-state index contributed by atoms with van der Waals surface area (Å²) in [5, 5.41) is 19.1. The largest absolute Gasteiger partial charge is 0.510 e. The molecule has 2 aliphatic rings. The number of benzene rings is 1. The summed E-state index contributed by atoms with van der Waals surface area (Å²) in [7, 11) is 0. The lowest BCUT2D eigenvalue weighted by Gasteiger charge is -2.25. The van der Waals surface area contributed by atoms with Crippen LogP contribution in [0.25, 0.3) is 16.6 Å². The molecule has 2 aromatic rings. The maximum atomic E-state index is 10.5. The molecule has 1 saturated carbocycles. The molecule has 0 unspecified atom stereocenters. The number of imidazole rings is 1. The molecule has 0 spiro atoms. The summed E-state index contributed by atoms with van der Waals surface area (Å²) in [6, 6.07) is 8.38. The third-order valence-electron chi connectivity index (χ3n) is 5.09. The fourth-order valence-corrected chi connectivity index (χ4v) is 3.95. The van der Waals surface area contributed by atoms with Gasteiger partial charge in [0.2, 0.25) is 0 Å². The summed E-state index contributed by atoms with van der Waals surface area (Å²) in [5.41, 5.74) is 2.57. The number of amidine groups is 1. The van der Waals surface area contributed by atoms with E-state index in [1.165, 1.54) is 12.8 Å². The highest BCUT2D eigenvalue weighted by Crippen LogP contribution is 2.34. The van der Waals surface area contributed by atoms with Crippen molar-refractivity contribution in [2.24, 2.45) is 0 Å². The molecule has 23 heavy (non-hydrogen) atoms. The van der Waals surface area contributed by atoms with Crippen LogP contribution in [0.4, 0.5) is 0 Å². The number of aryl methyl sites for hydroxylation is 1. The minimum absolute atomic E-state index is 0.284. The van der Waals surface area contributed by atoms with Crippen molar-refractivity contribution in [2.75, 3.05) is 6.54 Å². The van der Waals surface area contributed by atoms with Crippen molar-refractivity contribution >= 4 is 22.4 Å². The van der Waals surface area contributed by atoms with Crippen LogP contribution in [-0.4, -0.2) is 38.0 Å². The molecule has 0 radical (unpaired) electrons. The Kier molecular flexibility index (Phi) is 3.36. The van der Waals surface area contributed by atoms with E-state index in [4.69, 9.17) is 10.4 Å². The number of hydrogen-bond acceptors (Lipinski definition) is 3. The van der Waals surface area contributed by atoms with Crippen molar-refractivity contribution < 1.29 is 5.11 Å². The van der Waals surface area contributed by atoms with Gasteiger partial charge < -0.3 is 14.6 Å². The van der Waals surface area contributed by atoms with Crippen molar-refractivity contribution in [3.8, 4) is 0 Å². The van der Waals surface area contributed by atoms with E-state index in [9.17, 15) is 5.11 Å². The molecule has 0 bridgehead atoms. The van der Waals surface area contributed by atoms with E-state index in [1.54, 1.807) is 0 Å². The molecule has 1 aliphatic carbocycles. The second kappa shape index (κ2) is 5.41. The Morgan fingerprint density at radius 2 is 2.00 bits per heavy atom. The Balaban J connectivity index is 1.78. The lowest BCUT2D eigenvalue weighted by Crippen LogP contribution is -2.35. The Labute approximate surface area is 135 Å². The molecule has 2 N–H and O–H groups in total. The van der Waals surface area contributed by atoms with Crippen LogP contribution in [0, 0.1) is 5.41 Å². The average Bonchev–Trinajstić information content (AvgIpc) is 3.24. The van der Waals surface area contributed by atoms with Crippen molar-refractivity contribution in [3.63, 3.8) is 0 Å². The number of rotatable bonds is 3. The first-order valence-electron chi connectivity index (χ1n) is 8.44. The second-order valence-corrected chi connectivity index (χ2v) is 6.40. The van der Waals surface area contributed by atoms with Crippen molar-refractivity contribution in [2.45, 2.75) is 45.2 Å². The smallest absolute Gasteiger partial charge is 0.148 e. The fraction of sp³-hybridized carbons (Fsp3) is 0.444. The van der Waals surface area contributed by atoms with Crippen molar-refractivity contribution in [1.29, 1.82) is 5.41 Å². The monoisotopic (exact) mass is 310 g/mol. The van der Waals surface area contributed by atoms with E-state index in [0.717, 1.165) is 36.2 Å². The van der Waals surface area contributed by atoms with E-state index in [-0.39, 0.29) is 5.76 Å². The Bertz CT molecular complexity index is 798.